The van der Waals surface area contributed by atoms with E-state index in [0.717, 1.165) is 78.9 Å². The zero-order valence-electron chi connectivity index (χ0n) is 52.3. The molecule has 2 rings (SSSR count). The van der Waals surface area contributed by atoms with E-state index in [1.165, 1.54) is 295 Å². The van der Waals surface area contributed by atoms with Crippen LogP contribution in [-0.2, 0) is 16.5 Å². The predicted octanol–water partition coefficient (Wildman–Crippen LogP) is 26.0. The molecule has 0 fully saturated rings. The molecule has 0 N–H and O–H groups in total. The van der Waals surface area contributed by atoms with Gasteiger partial charge in [0.05, 0.1) is 22.8 Å². The van der Waals surface area contributed by atoms with Crippen LogP contribution in [0, 0.1) is 23.7 Å². The number of hydrogen-bond acceptors (Lipinski definition) is 2. The molecule has 0 aliphatic rings. The second-order valence-electron chi connectivity index (χ2n) is 23.7. The van der Waals surface area contributed by atoms with Crippen molar-refractivity contribution in [3.8, 4) is 23.7 Å². The van der Waals surface area contributed by atoms with E-state index in [4.69, 9.17) is 9.98 Å². The molecule has 0 radical (unpaired) electrons. The number of unbranched alkanes of at least 4 members (excludes halogenated alkanes) is 47. The van der Waals surface area contributed by atoms with Gasteiger partial charge in [-0.25, -0.2) is 0 Å². The quantitative estimate of drug-likeness (QED) is 0.0273. The first kappa shape index (κ1) is 73.4. The topological polar surface area (TPSA) is 24.7 Å². The number of benzene rings is 2. The van der Waals surface area contributed by atoms with E-state index in [2.05, 4.69) is 99.9 Å². The maximum atomic E-state index is 5.33. The largest absolute Gasteiger partial charge is 0.252 e. The van der Waals surface area contributed by atoms with Crippen LogP contribution in [-0.4, -0.2) is 11.4 Å². The predicted molar refractivity (Wildman–Crippen MR) is 348 cm³/mol. The Morgan fingerprint density at radius 2 is 0.513 bits per heavy atom. The molecular weight excluding hydrogens is 988 g/mol. The summed E-state index contributed by atoms with van der Waals surface area (Å²) in [4.78, 5) is 10.7. The van der Waals surface area contributed by atoms with Gasteiger partial charge in [0.15, 0.2) is 0 Å². The van der Waals surface area contributed by atoms with Gasteiger partial charge in [0.1, 0.15) is 0 Å². The molecule has 0 atom stereocenters. The summed E-state index contributed by atoms with van der Waals surface area (Å²) in [5, 5.41) is 0. The van der Waals surface area contributed by atoms with Gasteiger partial charge >= 0.3 is 0 Å². The van der Waals surface area contributed by atoms with Crippen molar-refractivity contribution in [3.05, 3.63) is 59.7 Å². The van der Waals surface area contributed by atoms with Gasteiger partial charge < -0.3 is 0 Å². The molecule has 3 heteroatoms. The molecule has 2 nitrogen and oxygen atoms in total. The summed E-state index contributed by atoms with van der Waals surface area (Å²) in [6.07, 6.45) is 72.2. The maximum Gasteiger partial charge on any atom is 0.0646 e. The van der Waals surface area contributed by atoms with Crippen LogP contribution in [0.2, 0.25) is 0 Å². The molecule has 0 spiro atoms. The second kappa shape index (κ2) is 59.0. The van der Waals surface area contributed by atoms with Crippen LogP contribution in [0.4, 0.5) is 11.4 Å². The summed E-state index contributed by atoms with van der Waals surface area (Å²) < 4.78 is 0. The Morgan fingerprint density at radius 3 is 0.782 bits per heavy atom. The summed E-state index contributed by atoms with van der Waals surface area (Å²) in [5.41, 5.74) is 6.38. The smallest absolute Gasteiger partial charge is 0.0646 e. The normalized spacial score (nSPS) is 11.6. The third-order valence-corrected chi connectivity index (χ3v) is 16.1. The second-order valence-corrected chi connectivity index (χ2v) is 23.7. The SMILES string of the molecule is CCCCCCCCCCCCCCCCCCCCCCCCC#Cc1cccc(N=C(CCCC)C(CCCCC)=Nc2cccc(C#CCCCCCCCCCCCCCCCCCCCCCCCC)c2)c1.[Ni]. The van der Waals surface area contributed by atoms with Crippen molar-refractivity contribution in [2.24, 2.45) is 9.98 Å². The van der Waals surface area contributed by atoms with E-state index in [0.29, 0.717) is 0 Å². The molecule has 0 unspecified atom stereocenters. The van der Waals surface area contributed by atoms with Gasteiger partial charge in [-0.05, 0) is 74.9 Å². The number of nitrogens with zero attached hydrogens (tertiary/aromatic N) is 2. The van der Waals surface area contributed by atoms with Crippen molar-refractivity contribution in [2.75, 3.05) is 0 Å². The molecule has 0 amide bonds. The first-order chi connectivity index (χ1) is 38.2. The first-order valence-corrected chi connectivity index (χ1v) is 34.5. The van der Waals surface area contributed by atoms with Crippen molar-refractivity contribution >= 4 is 22.8 Å². The molecular formula is C75H126N2Ni. The average molecular weight is 1110 g/mol. The summed E-state index contributed by atoms with van der Waals surface area (Å²) in [5.74, 6) is 13.9. The van der Waals surface area contributed by atoms with E-state index in [1.54, 1.807) is 0 Å². The molecule has 78 heavy (non-hydrogen) atoms. The van der Waals surface area contributed by atoms with Crippen molar-refractivity contribution in [1.82, 2.24) is 0 Å². The van der Waals surface area contributed by atoms with Gasteiger partial charge in [-0.2, -0.15) is 0 Å². The molecule has 446 valence electrons. The van der Waals surface area contributed by atoms with Gasteiger partial charge in [0.2, 0.25) is 0 Å². The minimum Gasteiger partial charge on any atom is -0.252 e. The average Bonchev–Trinajstić information content (AvgIpc) is 3.44. The van der Waals surface area contributed by atoms with Crippen molar-refractivity contribution in [2.45, 2.75) is 368 Å². The number of aliphatic imine (C=N–C) groups is 2. The first-order valence-electron chi connectivity index (χ1n) is 34.5. The molecule has 2 aromatic carbocycles. The summed E-state index contributed by atoms with van der Waals surface area (Å²) in [6, 6.07) is 17.2. The van der Waals surface area contributed by atoms with Gasteiger partial charge in [0, 0.05) is 40.5 Å². The van der Waals surface area contributed by atoms with Crippen LogP contribution >= 0.6 is 0 Å². The molecule has 0 aromatic heterocycles. The summed E-state index contributed by atoms with van der Waals surface area (Å²) in [6.45, 7) is 9.17. The third-order valence-electron chi connectivity index (χ3n) is 16.1. The minimum absolute atomic E-state index is 0. The molecule has 0 heterocycles. The Balaban J connectivity index is 0.0000304. The molecule has 2 aromatic rings. The molecule has 0 aliphatic heterocycles. The van der Waals surface area contributed by atoms with Gasteiger partial charge in [-0.1, -0.05) is 352 Å². The summed E-state index contributed by atoms with van der Waals surface area (Å²) >= 11 is 0. The van der Waals surface area contributed by atoms with Crippen LogP contribution in [0.1, 0.15) is 379 Å². The zero-order valence-corrected chi connectivity index (χ0v) is 53.3. The fourth-order valence-electron chi connectivity index (χ4n) is 11.0. The molecule has 0 saturated heterocycles. The van der Waals surface area contributed by atoms with Crippen molar-refractivity contribution in [3.63, 3.8) is 0 Å². The molecule has 0 aliphatic carbocycles. The summed E-state index contributed by atoms with van der Waals surface area (Å²) in [7, 11) is 0. The van der Waals surface area contributed by atoms with E-state index < -0.39 is 0 Å². The van der Waals surface area contributed by atoms with E-state index >= 15 is 0 Å². The molecule has 0 saturated carbocycles. The van der Waals surface area contributed by atoms with Crippen LogP contribution in [0.15, 0.2) is 58.5 Å². The Bertz CT molecular complexity index is 1780. The molecule has 0 bridgehead atoms. The minimum atomic E-state index is 0. The Morgan fingerprint density at radius 1 is 0.282 bits per heavy atom. The Labute approximate surface area is 497 Å². The van der Waals surface area contributed by atoms with Crippen LogP contribution in [0.25, 0.3) is 0 Å². The Kier molecular flexibility index (Phi) is 55.6. The van der Waals surface area contributed by atoms with E-state index in [-0.39, 0.29) is 16.5 Å². The Hall–Kier alpha value is -2.61. The van der Waals surface area contributed by atoms with Gasteiger partial charge in [-0.15, -0.1) is 0 Å². The fourth-order valence-corrected chi connectivity index (χ4v) is 11.0. The van der Waals surface area contributed by atoms with Crippen molar-refractivity contribution in [1.29, 1.82) is 0 Å². The standard InChI is InChI=1S/C75H126N2.Ni/c1-5-9-13-15-17-19-21-23-25-27-29-31-33-35-37-39-41-43-45-47-49-51-53-56-60-70-62-58-64-72(68-70)76-74(66-12-8-4)75(67-55-11-7-3)77-73-65-59-63-71(69-73)61-57-54-52-50-48-46-44-42-40-38-36-34-32-30-28-26-24-22-20-18-16-14-10-6-2;/h58-59,62-65,68-69H,5-55,66-67H2,1-4H3;. The van der Waals surface area contributed by atoms with Crippen LogP contribution < -0.4 is 0 Å². The maximum absolute atomic E-state index is 5.33. The number of hydrogen-bond donors (Lipinski definition) is 0. The fraction of sp³-hybridized carbons (Fsp3) is 0.760. The van der Waals surface area contributed by atoms with Crippen LogP contribution in [0.5, 0.6) is 0 Å². The van der Waals surface area contributed by atoms with Crippen LogP contribution in [0.3, 0.4) is 0 Å². The van der Waals surface area contributed by atoms with E-state index in [9.17, 15) is 0 Å². The van der Waals surface area contributed by atoms with E-state index in [1.807, 2.05) is 0 Å². The van der Waals surface area contributed by atoms with Gasteiger partial charge in [0.25, 0.3) is 0 Å². The monoisotopic (exact) mass is 1110 g/mol. The number of rotatable bonds is 54. The zero-order chi connectivity index (χ0) is 54.8. The van der Waals surface area contributed by atoms with Crippen molar-refractivity contribution < 1.29 is 16.5 Å². The third kappa shape index (κ3) is 47.1. The van der Waals surface area contributed by atoms with Gasteiger partial charge in [-0.3, -0.25) is 9.98 Å².